The molecule has 112 valence electrons. The van der Waals surface area contributed by atoms with Crippen LogP contribution in [0.1, 0.15) is 30.4 Å². The summed E-state index contributed by atoms with van der Waals surface area (Å²) in [4.78, 5) is 13.4. The van der Waals surface area contributed by atoms with Crippen LogP contribution in [0.15, 0.2) is 18.3 Å². The van der Waals surface area contributed by atoms with Gasteiger partial charge in [0.05, 0.1) is 16.4 Å². The highest BCUT2D eigenvalue weighted by molar-refractivity contribution is 14.1. The minimum atomic E-state index is 0.615. The van der Waals surface area contributed by atoms with Crippen LogP contribution in [0, 0.1) is 10.5 Å². The number of nitrogens with zero attached hydrogens (tertiary/aromatic N) is 3. The van der Waals surface area contributed by atoms with Gasteiger partial charge in [0.25, 0.3) is 0 Å². The van der Waals surface area contributed by atoms with Crippen molar-refractivity contribution in [2.45, 2.75) is 26.7 Å². The van der Waals surface area contributed by atoms with Crippen molar-refractivity contribution in [2.75, 3.05) is 19.0 Å². The first-order valence-electron chi connectivity index (χ1n) is 6.89. The number of rotatable bonds is 6. The first-order chi connectivity index (χ1) is 10.1. The number of methoxy groups -OCH3 is 1. The maximum absolute atomic E-state index is 5.06. The molecule has 0 saturated heterocycles. The van der Waals surface area contributed by atoms with E-state index < -0.39 is 0 Å². The Kier molecular flexibility index (Phi) is 5.72. The van der Waals surface area contributed by atoms with Gasteiger partial charge in [-0.1, -0.05) is 13.0 Å². The average molecular weight is 398 g/mol. The molecule has 21 heavy (non-hydrogen) atoms. The fourth-order valence-electron chi connectivity index (χ4n) is 1.88. The van der Waals surface area contributed by atoms with Gasteiger partial charge in [0.1, 0.15) is 11.6 Å². The van der Waals surface area contributed by atoms with E-state index in [0.29, 0.717) is 12.3 Å². The molecule has 0 amide bonds. The van der Waals surface area contributed by atoms with Gasteiger partial charge in [0, 0.05) is 25.2 Å². The summed E-state index contributed by atoms with van der Waals surface area (Å²) in [5.41, 5.74) is 2.07. The van der Waals surface area contributed by atoms with Gasteiger partial charge in [-0.25, -0.2) is 15.0 Å². The first kappa shape index (κ1) is 15.9. The lowest BCUT2D eigenvalue weighted by atomic mass is 10.2. The van der Waals surface area contributed by atoms with Crippen LogP contribution >= 0.6 is 22.6 Å². The molecule has 0 atom stereocenters. The van der Waals surface area contributed by atoms with Gasteiger partial charge < -0.3 is 10.1 Å². The quantitative estimate of drug-likeness (QED) is 0.758. The van der Waals surface area contributed by atoms with Crippen LogP contribution in [0.25, 0.3) is 0 Å². The summed E-state index contributed by atoms with van der Waals surface area (Å²) in [7, 11) is 1.61. The highest BCUT2D eigenvalue weighted by Crippen LogP contribution is 2.20. The lowest BCUT2D eigenvalue weighted by Gasteiger charge is -2.11. The van der Waals surface area contributed by atoms with Gasteiger partial charge in [0.2, 0.25) is 5.88 Å². The highest BCUT2D eigenvalue weighted by atomic mass is 127. The zero-order chi connectivity index (χ0) is 15.2. The Bertz CT molecular complexity index is 601. The second kappa shape index (κ2) is 7.53. The van der Waals surface area contributed by atoms with E-state index in [1.807, 2.05) is 19.1 Å². The summed E-state index contributed by atoms with van der Waals surface area (Å²) in [5, 5.41) is 3.35. The van der Waals surface area contributed by atoms with E-state index in [4.69, 9.17) is 4.74 Å². The molecule has 1 N–H and O–H groups in total. The molecular weight excluding hydrogens is 379 g/mol. The van der Waals surface area contributed by atoms with Gasteiger partial charge >= 0.3 is 0 Å². The molecule has 0 bridgehead atoms. The van der Waals surface area contributed by atoms with Gasteiger partial charge in [-0.05, 0) is 41.5 Å². The SMILES string of the molecule is CCCNc1nc(Cc2ccc(OC)nc2)nc(C)c1I. The molecule has 2 aromatic heterocycles. The predicted molar refractivity (Wildman–Crippen MR) is 91.9 cm³/mol. The summed E-state index contributed by atoms with van der Waals surface area (Å²) in [5.74, 6) is 2.34. The Morgan fingerprint density at radius 3 is 2.71 bits per heavy atom. The van der Waals surface area contributed by atoms with Gasteiger partial charge in [-0.3, -0.25) is 0 Å². The zero-order valence-electron chi connectivity index (χ0n) is 12.5. The second-order valence-corrected chi connectivity index (χ2v) is 5.78. The lowest BCUT2D eigenvalue weighted by Crippen LogP contribution is -2.09. The smallest absolute Gasteiger partial charge is 0.212 e. The lowest BCUT2D eigenvalue weighted by molar-refractivity contribution is 0.397. The summed E-state index contributed by atoms with van der Waals surface area (Å²) in [6.07, 6.45) is 3.53. The number of anilines is 1. The molecule has 0 spiro atoms. The maximum Gasteiger partial charge on any atom is 0.212 e. The minimum absolute atomic E-state index is 0.615. The van der Waals surface area contributed by atoms with E-state index in [-0.39, 0.29) is 0 Å². The number of hydrogen-bond acceptors (Lipinski definition) is 5. The fraction of sp³-hybridized carbons (Fsp3) is 0.400. The third-order valence-corrected chi connectivity index (χ3v) is 4.27. The van der Waals surface area contributed by atoms with Crippen molar-refractivity contribution < 1.29 is 4.74 Å². The Hall–Kier alpha value is -1.44. The van der Waals surface area contributed by atoms with E-state index >= 15 is 0 Å². The highest BCUT2D eigenvalue weighted by Gasteiger charge is 2.09. The van der Waals surface area contributed by atoms with E-state index in [0.717, 1.165) is 39.4 Å². The van der Waals surface area contributed by atoms with Crippen LogP contribution in [0.5, 0.6) is 5.88 Å². The van der Waals surface area contributed by atoms with Crippen molar-refractivity contribution in [3.63, 3.8) is 0 Å². The van der Waals surface area contributed by atoms with Gasteiger partial charge in [-0.15, -0.1) is 0 Å². The second-order valence-electron chi connectivity index (χ2n) is 4.70. The van der Waals surface area contributed by atoms with E-state index in [9.17, 15) is 0 Å². The van der Waals surface area contributed by atoms with E-state index in [2.05, 4.69) is 49.8 Å². The van der Waals surface area contributed by atoms with Crippen LogP contribution in [0.4, 0.5) is 5.82 Å². The average Bonchev–Trinajstić information content (AvgIpc) is 2.50. The monoisotopic (exact) mass is 398 g/mol. The third kappa shape index (κ3) is 4.26. The molecule has 0 fully saturated rings. The summed E-state index contributed by atoms with van der Waals surface area (Å²) in [6.45, 7) is 5.06. The molecule has 0 aliphatic carbocycles. The van der Waals surface area contributed by atoms with E-state index in [1.165, 1.54) is 0 Å². The van der Waals surface area contributed by atoms with Crippen molar-refractivity contribution >= 4 is 28.4 Å². The van der Waals surface area contributed by atoms with Crippen molar-refractivity contribution in [3.05, 3.63) is 39.0 Å². The largest absolute Gasteiger partial charge is 0.481 e. The molecule has 0 aliphatic rings. The Morgan fingerprint density at radius 1 is 1.29 bits per heavy atom. The van der Waals surface area contributed by atoms with Crippen LogP contribution < -0.4 is 10.1 Å². The number of nitrogens with one attached hydrogen (secondary N) is 1. The molecule has 0 radical (unpaired) electrons. The van der Waals surface area contributed by atoms with Crippen molar-refractivity contribution in [3.8, 4) is 5.88 Å². The summed E-state index contributed by atoms with van der Waals surface area (Å²) < 4.78 is 6.15. The molecule has 0 unspecified atom stereocenters. The van der Waals surface area contributed by atoms with Crippen LogP contribution in [0.2, 0.25) is 0 Å². The summed E-state index contributed by atoms with van der Waals surface area (Å²) in [6, 6.07) is 3.84. The normalized spacial score (nSPS) is 10.5. The van der Waals surface area contributed by atoms with Crippen LogP contribution in [-0.4, -0.2) is 28.6 Å². The number of aromatic nitrogens is 3. The van der Waals surface area contributed by atoms with Crippen molar-refractivity contribution in [2.24, 2.45) is 0 Å². The fourth-order valence-corrected chi connectivity index (χ4v) is 2.31. The molecule has 5 nitrogen and oxygen atoms in total. The topological polar surface area (TPSA) is 59.9 Å². The molecule has 0 aromatic carbocycles. The molecular formula is C15H19IN4O. The molecule has 2 rings (SSSR count). The molecule has 0 saturated carbocycles. The van der Waals surface area contributed by atoms with Crippen molar-refractivity contribution in [1.29, 1.82) is 0 Å². The predicted octanol–water partition coefficient (Wildman–Crippen LogP) is 3.21. The molecule has 0 aliphatic heterocycles. The van der Waals surface area contributed by atoms with Crippen LogP contribution in [0.3, 0.4) is 0 Å². The van der Waals surface area contributed by atoms with Crippen molar-refractivity contribution in [1.82, 2.24) is 15.0 Å². The zero-order valence-corrected chi connectivity index (χ0v) is 14.6. The summed E-state index contributed by atoms with van der Waals surface area (Å²) >= 11 is 2.29. The number of hydrogen-bond donors (Lipinski definition) is 1. The molecule has 2 heterocycles. The van der Waals surface area contributed by atoms with Gasteiger partial charge in [-0.2, -0.15) is 0 Å². The Morgan fingerprint density at radius 2 is 2.10 bits per heavy atom. The van der Waals surface area contributed by atoms with E-state index in [1.54, 1.807) is 13.3 Å². The standard InChI is InChI=1S/C15H19IN4O/c1-4-7-17-15-14(16)10(2)19-12(20-15)8-11-5-6-13(21-3)18-9-11/h5-6,9H,4,7-8H2,1-3H3,(H,17,19,20). The number of pyridine rings is 1. The third-order valence-electron chi connectivity index (χ3n) is 2.97. The maximum atomic E-state index is 5.06. The van der Waals surface area contributed by atoms with Crippen LogP contribution in [-0.2, 0) is 6.42 Å². The first-order valence-corrected chi connectivity index (χ1v) is 7.97. The number of halogens is 1. The molecule has 2 aromatic rings. The van der Waals surface area contributed by atoms with Gasteiger partial charge in [0.15, 0.2) is 0 Å². The Labute approximate surface area is 138 Å². The molecule has 6 heteroatoms. The minimum Gasteiger partial charge on any atom is -0.481 e. The Balaban J connectivity index is 2.20. The number of ether oxygens (including phenoxy) is 1. The number of aryl methyl sites for hydroxylation is 1.